The third-order valence-electron chi connectivity index (χ3n) is 2.84. The Bertz CT molecular complexity index is 271. The number of hydrogen-bond acceptors (Lipinski definition) is 0. The molecule has 0 heteroatoms. The molecule has 1 aromatic rings. The summed E-state index contributed by atoms with van der Waals surface area (Å²) >= 11 is 0. The molecule has 0 radical (unpaired) electrons. The normalized spacial score (nSPS) is 11.1. The van der Waals surface area contributed by atoms with Crippen LogP contribution >= 0.6 is 0 Å². The first kappa shape index (κ1) is 13.0. The molecule has 1 rings (SSSR count). The zero-order valence-electron chi connectivity index (χ0n) is 10.5. The molecule has 0 atom stereocenters. The number of rotatable bonds is 8. The maximum absolute atomic E-state index is 2.33. The number of hydrogen-bond donors (Lipinski definition) is 0. The maximum atomic E-state index is 2.33. The van der Waals surface area contributed by atoms with Crippen molar-refractivity contribution in [1.29, 1.82) is 0 Å². The average molecular weight is 216 g/mol. The molecule has 0 aromatic heterocycles. The lowest BCUT2D eigenvalue weighted by atomic mass is 10.1. The van der Waals surface area contributed by atoms with Crippen LogP contribution in [0.15, 0.2) is 42.5 Å². The molecule has 0 saturated heterocycles. The van der Waals surface area contributed by atoms with Gasteiger partial charge in [-0.1, -0.05) is 75.1 Å². The van der Waals surface area contributed by atoms with Crippen LogP contribution in [0.1, 0.15) is 51.0 Å². The van der Waals surface area contributed by atoms with E-state index in [1.165, 1.54) is 44.1 Å². The van der Waals surface area contributed by atoms with E-state index in [-0.39, 0.29) is 0 Å². The molecule has 0 bridgehead atoms. The lowest BCUT2D eigenvalue weighted by Gasteiger charge is -1.97. The van der Waals surface area contributed by atoms with Gasteiger partial charge < -0.3 is 0 Å². The van der Waals surface area contributed by atoms with E-state index in [2.05, 4.69) is 49.4 Å². The Kier molecular flexibility index (Phi) is 7.49. The first-order valence-electron chi connectivity index (χ1n) is 6.62. The van der Waals surface area contributed by atoms with Crippen LogP contribution in [-0.4, -0.2) is 0 Å². The van der Waals surface area contributed by atoms with Crippen LogP contribution in [0.25, 0.3) is 0 Å². The lowest BCUT2D eigenvalue weighted by molar-refractivity contribution is 0.637. The standard InChI is InChI=1S/C16H24/c1-2-3-4-5-6-7-8-10-13-16-14-11-9-12-15-16/h8-12,14-15H,2-7,13H2,1H3/b10-8+. The molecule has 16 heavy (non-hydrogen) atoms. The molecular weight excluding hydrogens is 192 g/mol. The molecular formula is C16H24. The largest absolute Gasteiger partial charge is 0.0882 e. The zero-order chi connectivity index (χ0) is 11.5. The second-order valence-electron chi connectivity index (χ2n) is 4.36. The van der Waals surface area contributed by atoms with Gasteiger partial charge in [-0.15, -0.1) is 0 Å². The summed E-state index contributed by atoms with van der Waals surface area (Å²) in [6, 6.07) is 10.7. The SMILES string of the molecule is CCCCCCC/C=C/Cc1ccccc1. The van der Waals surface area contributed by atoms with Gasteiger partial charge in [0.2, 0.25) is 0 Å². The van der Waals surface area contributed by atoms with E-state index < -0.39 is 0 Å². The van der Waals surface area contributed by atoms with E-state index in [1.54, 1.807) is 0 Å². The molecule has 0 aliphatic heterocycles. The van der Waals surface area contributed by atoms with Gasteiger partial charge in [-0.3, -0.25) is 0 Å². The van der Waals surface area contributed by atoms with Crippen LogP contribution in [0, 0.1) is 0 Å². The van der Waals surface area contributed by atoms with Crippen LogP contribution in [0.5, 0.6) is 0 Å². The van der Waals surface area contributed by atoms with Crippen molar-refractivity contribution in [3.8, 4) is 0 Å². The third-order valence-corrected chi connectivity index (χ3v) is 2.84. The summed E-state index contributed by atoms with van der Waals surface area (Å²) in [5.41, 5.74) is 1.41. The fourth-order valence-electron chi connectivity index (χ4n) is 1.82. The molecule has 0 fully saturated rings. The topological polar surface area (TPSA) is 0 Å². The van der Waals surface area contributed by atoms with Crippen molar-refractivity contribution in [3.63, 3.8) is 0 Å². The number of allylic oxidation sites excluding steroid dienone is 2. The highest BCUT2D eigenvalue weighted by molar-refractivity contribution is 5.17. The van der Waals surface area contributed by atoms with Crippen molar-refractivity contribution >= 4 is 0 Å². The molecule has 1 aromatic carbocycles. The maximum Gasteiger partial charge on any atom is -0.00975 e. The Balaban J connectivity index is 2.01. The van der Waals surface area contributed by atoms with Gasteiger partial charge in [-0.25, -0.2) is 0 Å². The van der Waals surface area contributed by atoms with Crippen molar-refractivity contribution in [1.82, 2.24) is 0 Å². The van der Waals surface area contributed by atoms with Crippen LogP contribution in [-0.2, 0) is 6.42 Å². The van der Waals surface area contributed by atoms with Crippen molar-refractivity contribution in [2.75, 3.05) is 0 Å². The Hall–Kier alpha value is -1.04. The third kappa shape index (κ3) is 6.44. The minimum Gasteiger partial charge on any atom is -0.0882 e. The highest BCUT2D eigenvalue weighted by Crippen LogP contribution is 2.06. The minimum absolute atomic E-state index is 1.08. The van der Waals surface area contributed by atoms with E-state index in [4.69, 9.17) is 0 Å². The fourth-order valence-corrected chi connectivity index (χ4v) is 1.82. The highest BCUT2D eigenvalue weighted by atomic mass is 13.9. The van der Waals surface area contributed by atoms with Gasteiger partial charge in [0.05, 0.1) is 0 Å². The minimum atomic E-state index is 1.08. The van der Waals surface area contributed by atoms with E-state index in [9.17, 15) is 0 Å². The summed E-state index contributed by atoms with van der Waals surface area (Å²) in [6.45, 7) is 2.26. The van der Waals surface area contributed by atoms with Gasteiger partial charge in [0.1, 0.15) is 0 Å². The summed E-state index contributed by atoms with van der Waals surface area (Å²) in [4.78, 5) is 0. The number of unbranched alkanes of at least 4 members (excludes halogenated alkanes) is 5. The zero-order valence-corrected chi connectivity index (χ0v) is 10.5. The van der Waals surface area contributed by atoms with Gasteiger partial charge in [0, 0.05) is 0 Å². The fraction of sp³-hybridized carbons (Fsp3) is 0.500. The Morgan fingerprint density at radius 1 is 0.875 bits per heavy atom. The summed E-state index contributed by atoms with van der Waals surface area (Å²) < 4.78 is 0. The van der Waals surface area contributed by atoms with E-state index in [0.29, 0.717) is 0 Å². The second kappa shape index (κ2) is 9.21. The molecule has 0 spiro atoms. The van der Waals surface area contributed by atoms with Crippen molar-refractivity contribution in [2.24, 2.45) is 0 Å². The summed E-state index contributed by atoms with van der Waals surface area (Å²) in [5, 5.41) is 0. The van der Waals surface area contributed by atoms with Crippen molar-refractivity contribution in [3.05, 3.63) is 48.0 Å². The average Bonchev–Trinajstić information content (AvgIpc) is 2.34. The van der Waals surface area contributed by atoms with Crippen LogP contribution < -0.4 is 0 Å². The summed E-state index contributed by atoms with van der Waals surface area (Å²) in [5.74, 6) is 0. The molecule has 88 valence electrons. The molecule has 0 aliphatic carbocycles. The monoisotopic (exact) mass is 216 g/mol. The summed E-state index contributed by atoms with van der Waals surface area (Å²) in [7, 11) is 0. The van der Waals surface area contributed by atoms with Gasteiger partial charge >= 0.3 is 0 Å². The van der Waals surface area contributed by atoms with Crippen LogP contribution in [0.4, 0.5) is 0 Å². The molecule has 0 nitrogen and oxygen atoms in total. The molecule has 0 saturated carbocycles. The molecule has 0 amide bonds. The van der Waals surface area contributed by atoms with Gasteiger partial charge in [0.25, 0.3) is 0 Å². The first-order valence-corrected chi connectivity index (χ1v) is 6.62. The number of benzene rings is 1. The Morgan fingerprint density at radius 3 is 2.38 bits per heavy atom. The quantitative estimate of drug-likeness (QED) is 0.416. The Labute approximate surface area is 100 Å². The lowest BCUT2D eigenvalue weighted by Crippen LogP contribution is -1.79. The predicted molar refractivity (Wildman–Crippen MR) is 72.7 cm³/mol. The van der Waals surface area contributed by atoms with Gasteiger partial charge in [0.15, 0.2) is 0 Å². The molecule has 0 heterocycles. The van der Waals surface area contributed by atoms with E-state index in [0.717, 1.165) is 6.42 Å². The van der Waals surface area contributed by atoms with Gasteiger partial charge in [-0.05, 0) is 24.8 Å². The smallest absolute Gasteiger partial charge is 0.00975 e. The predicted octanol–water partition coefficient (Wildman–Crippen LogP) is 5.15. The van der Waals surface area contributed by atoms with Crippen LogP contribution in [0.2, 0.25) is 0 Å². The van der Waals surface area contributed by atoms with E-state index >= 15 is 0 Å². The van der Waals surface area contributed by atoms with E-state index in [1.807, 2.05) is 0 Å². The first-order chi connectivity index (χ1) is 7.93. The summed E-state index contributed by atoms with van der Waals surface area (Å²) in [6.07, 6.45) is 13.8. The molecule has 0 unspecified atom stereocenters. The van der Waals surface area contributed by atoms with Gasteiger partial charge in [-0.2, -0.15) is 0 Å². The molecule has 0 N–H and O–H groups in total. The van der Waals surface area contributed by atoms with Crippen molar-refractivity contribution < 1.29 is 0 Å². The molecule has 0 aliphatic rings. The highest BCUT2D eigenvalue weighted by Gasteiger charge is 1.87. The second-order valence-corrected chi connectivity index (χ2v) is 4.36. The van der Waals surface area contributed by atoms with Crippen LogP contribution in [0.3, 0.4) is 0 Å². The Morgan fingerprint density at radius 2 is 1.62 bits per heavy atom. The van der Waals surface area contributed by atoms with Crippen molar-refractivity contribution in [2.45, 2.75) is 51.9 Å².